The van der Waals surface area contributed by atoms with Crippen molar-refractivity contribution in [2.24, 2.45) is 0 Å². The van der Waals surface area contributed by atoms with Gasteiger partial charge < -0.3 is 4.74 Å². The monoisotopic (exact) mass is 327 g/mol. The first-order valence-electron chi connectivity index (χ1n) is 8.89. The van der Waals surface area contributed by atoms with Gasteiger partial charge in [0, 0.05) is 12.1 Å². The number of rotatable bonds is 5. The van der Waals surface area contributed by atoms with Crippen LogP contribution in [0.1, 0.15) is 37.3 Å². The summed E-state index contributed by atoms with van der Waals surface area (Å²) in [4.78, 5) is 2.49. The van der Waals surface area contributed by atoms with Gasteiger partial charge in [-0.1, -0.05) is 31.5 Å². The van der Waals surface area contributed by atoms with Crippen LogP contribution in [0.3, 0.4) is 0 Å². The normalized spacial score (nSPS) is 15.5. The lowest BCUT2D eigenvalue weighted by atomic mass is 9.95. The summed E-state index contributed by atoms with van der Waals surface area (Å²) in [5.41, 5.74) is 4.12. The predicted molar refractivity (Wildman–Crippen MR) is 96.9 cm³/mol. The molecule has 2 aromatic carbocycles. The van der Waals surface area contributed by atoms with E-state index in [1.165, 1.54) is 36.5 Å². The second kappa shape index (κ2) is 7.80. The Bertz CT molecular complexity index is 692. The summed E-state index contributed by atoms with van der Waals surface area (Å²) in [5.74, 6) is 0.495. The Balaban J connectivity index is 2.00. The SMILES string of the molecule is CCc1ccc(-c2cc(OC)ccc2F)c(CN2CCCCC2)c1. The molecule has 1 heterocycles. The van der Waals surface area contributed by atoms with Crippen molar-refractivity contribution in [3.8, 4) is 16.9 Å². The molecule has 0 saturated carbocycles. The summed E-state index contributed by atoms with van der Waals surface area (Å²) < 4.78 is 19.8. The number of piperidine rings is 1. The Morgan fingerprint density at radius 2 is 1.79 bits per heavy atom. The first kappa shape index (κ1) is 17.0. The lowest BCUT2D eigenvalue weighted by molar-refractivity contribution is 0.221. The van der Waals surface area contributed by atoms with Crippen LogP contribution in [0.2, 0.25) is 0 Å². The number of ether oxygens (including phenoxy) is 1. The maximum Gasteiger partial charge on any atom is 0.131 e. The van der Waals surface area contributed by atoms with Gasteiger partial charge in [0.15, 0.2) is 0 Å². The van der Waals surface area contributed by atoms with Crippen molar-refractivity contribution in [3.05, 3.63) is 53.3 Å². The van der Waals surface area contributed by atoms with Crippen LogP contribution in [-0.2, 0) is 13.0 Å². The summed E-state index contributed by atoms with van der Waals surface area (Å²) >= 11 is 0. The van der Waals surface area contributed by atoms with Crippen molar-refractivity contribution in [2.75, 3.05) is 20.2 Å². The number of aryl methyl sites for hydroxylation is 1. The van der Waals surface area contributed by atoms with E-state index in [0.717, 1.165) is 31.6 Å². The standard InChI is InChI=1S/C21H26FNO/c1-3-16-7-9-19(20-14-18(24-2)8-10-21(20)22)17(13-16)15-23-11-5-4-6-12-23/h7-10,13-14H,3-6,11-12,15H2,1-2H3. The first-order valence-corrected chi connectivity index (χ1v) is 8.89. The Kier molecular flexibility index (Phi) is 5.52. The second-order valence-corrected chi connectivity index (χ2v) is 6.53. The van der Waals surface area contributed by atoms with Gasteiger partial charge in [0.1, 0.15) is 11.6 Å². The summed E-state index contributed by atoms with van der Waals surface area (Å²) in [7, 11) is 1.62. The van der Waals surface area contributed by atoms with Crippen molar-refractivity contribution in [1.29, 1.82) is 0 Å². The number of likely N-dealkylation sites (tertiary alicyclic amines) is 1. The number of nitrogens with zero attached hydrogens (tertiary/aromatic N) is 1. The molecule has 0 N–H and O–H groups in total. The highest BCUT2D eigenvalue weighted by Gasteiger charge is 2.16. The van der Waals surface area contributed by atoms with Gasteiger partial charge in [-0.2, -0.15) is 0 Å². The molecule has 24 heavy (non-hydrogen) atoms. The zero-order chi connectivity index (χ0) is 16.9. The highest BCUT2D eigenvalue weighted by atomic mass is 19.1. The molecule has 1 saturated heterocycles. The van der Waals surface area contributed by atoms with Gasteiger partial charge in [-0.25, -0.2) is 4.39 Å². The van der Waals surface area contributed by atoms with E-state index in [1.54, 1.807) is 19.2 Å². The fourth-order valence-corrected chi connectivity index (χ4v) is 3.46. The molecule has 0 atom stereocenters. The van der Waals surface area contributed by atoms with E-state index in [0.29, 0.717) is 11.3 Å². The topological polar surface area (TPSA) is 12.5 Å². The minimum Gasteiger partial charge on any atom is -0.497 e. The molecule has 2 nitrogen and oxygen atoms in total. The molecule has 0 radical (unpaired) electrons. The fourth-order valence-electron chi connectivity index (χ4n) is 3.46. The van der Waals surface area contributed by atoms with Gasteiger partial charge in [0.25, 0.3) is 0 Å². The molecule has 1 aliphatic heterocycles. The van der Waals surface area contributed by atoms with Crippen LogP contribution in [0.4, 0.5) is 4.39 Å². The third-order valence-corrected chi connectivity index (χ3v) is 4.88. The van der Waals surface area contributed by atoms with Crippen LogP contribution in [0, 0.1) is 5.82 Å². The Morgan fingerprint density at radius 1 is 1.00 bits per heavy atom. The van der Waals surface area contributed by atoms with Crippen LogP contribution >= 0.6 is 0 Å². The number of hydrogen-bond acceptors (Lipinski definition) is 2. The molecule has 0 amide bonds. The molecule has 0 spiro atoms. The third-order valence-electron chi connectivity index (χ3n) is 4.88. The number of hydrogen-bond donors (Lipinski definition) is 0. The minimum atomic E-state index is -0.194. The maximum absolute atomic E-state index is 14.5. The molecule has 128 valence electrons. The molecular weight excluding hydrogens is 301 g/mol. The van der Waals surface area contributed by atoms with E-state index in [4.69, 9.17) is 4.74 Å². The van der Waals surface area contributed by atoms with Gasteiger partial charge in [-0.05, 0) is 67.2 Å². The average molecular weight is 327 g/mol. The van der Waals surface area contributed by atoms with Gasteiger partial charge in [-0.15, -0.1) is 0 Å². The maximum atomic E-state index is 14.5. The summed E-state index contributed by atoms with van der Waals surface area (Å²) in [6, 6.07) is 11.4. The fraction of sp³-hybridized carbons (Fsp3) is 0.429. The molecule has 0 aliphatic carbocycles. The summed E-state index contributed by atoms with van der Waals surface area (Å²) in [6.07, 6.45) is 4.84. The van der Waals surface area contributed by atoms with E-state index in [1.807, 2.05) is 0 Å². The molecule has 0 bridgehead atoms. The first-order chi connectivity index (χ1) is 11.7. The van der Waals surface area contributed by atoms with Gasteiger partial charge in [-0.3, -0.25) is 4.90 Å². The lowest BCUT2D eigenvalue weighted by Gasteiger charge is -2.27. The quantitative estimate of drug-likeness (QED) is 0.762. The smallest absolute Gasteiger partial charge is 0.131 e. The van der Waals surface area contributed by atoms with E-state index >= 15 is 0 Å². The third kappa shape index (κ3) is 3.78. The molecule has 2 aromatic rings. The largest absolute Gasteiger partial charge is 0.497 e. The minimum absolute atomic E-state index is 0.194. The predicted octanol–water partition coefficient (Wildman–Crippen LogP) is 5.05. The molecular formula is C21H26FNO. The molecule has 0 unspecified atom stereocenters. The van der Waals surface area contributed by atoms with E-state index in [-0.39, 0.29) is 5.82 Å². The van der Waals surface area contributed by atoms with Crippen molar-refractivity contribution in [3.63, 3.8) is 0 Å². The number of methoxy groups -OCH3 is 1. The molecule has 3 heteroatoms. The molecule has 3 rings (SSSR count). The van der Waals surface area contributed by atoms with Crippen molar-refractivity contribution in [1.82, 2.24) is 4.90 Å². The number of halogens is 1. The number of benzene rings is 2. The van der Waals surface area contributed by atoms with Crippen LogP contribution in [0.15, 0.2) is 36.4 Å². The van der Waals surface area contributed by atoms with E-state index in [2.05, 4.69) is 30.0 Å². The van der Waals surface area contributed by atoms with Gasteiger partial charge in [0.05, 0.1) is 7.11 Å². The summed E-state index contributed by atoms with van der Waals surface area (Å²) in [6.45, 7) is 5.32. The van der Waals surface area contributed by atoms with Gasteiger partial charge >= 0.3 is 0 Å². The van der Waals surface area contributed by atoms with E-state index in [9.17, 15) is 4.39 Å². The Hall–Kier alpha value is -1.87. The highest BCUT2D eigenvalue weighted by molar-refractivity contribution is 5.70. The molecule has 1 fully saturated rings. The van der Waals surface area contributed by atoms with Crippen LogP contribution < -0.4 is 4.74 Å². The zero-order valence-electron chi connectivity index (χ0n) is 14.6. The van der Waals surface area contributed by atoms with Crippen molar-refractivity contribution in [2.45, 2.75) is 39.2 Å². The molecule has 0 aromatic heterocycles. The average Bonchev–Trinajstić information content (AvgIpc) is 2.63. The molecule has 1 aliphatic rings. The lowest BCUT2D eigenvalue weighted by Crippen LogP contribution is -2.29. The Morgan fingerprint density at radius 3 is 2.50 bits per heavy atom. The zero-order valence-corrected chi connectivity index (χ0v) is 14.6. The van der Waals surface area contributed by atoms with Crippen LogP contribution in [0.25, 0.3) is 11.1 Å². The summed E-state index contributed by atoms with van der Waals surface area (Å²) in [5, 5.41) is 0. The second-order valence-electron chi connectivity index (χ2n) is 6.53. The Labute approximate surface area is 144 Å². The van der Waals surface area contributed by atoms with Gasteiger partial charge in [0.2, 0.25) is 0 Å². The van der Waals surface area contributed by atoms with Crippen molar-refractivity contribution >= 4 is 0 Å². The highest BCUT2D eigenvalue weighted by Crippen LogP contribution is 2.31. The van der Waals surface area contributed by atoms with Crippen LogP contribution in [0.5, 0.6) is 5.75 Å². The van der Waals surface area contributed by atoms with E-state index < -0.39 is 0 Å². The van der Waals surface area contributed by atoms with Crippen molar-refractivity contribution < 1.29 is 9.13 Å². The van der Waals surface area contributed by atoms with Crippen LogP contribution in [-0.4, -0.2) is 25.1 Å².